The molecule has 1 aliphatic rings. The molecule has 1 amide bonds. The first-order valence-electron chi connectivity index (χ1n) is 2.51. The van der Waals surface area contributed by atoms with Crippen LogP contribution in [-0.2, 0) is 9.57 Å². The molecule has 0 aliphatic carbocycles. The van der Waals surface area contributed by atoms with Gasteiger partial charge in [0, 0.05) is 6.20 Å². The van der Waals surface area contributed by atoms with E-state index < -0.39 is 6.09 Å². The molecule has 0 atom stereocenters. The summed E-state index contributed by atoms with van der Waals surface area (Å²) in [6.45, 7) is 0.440. The van der Waals surface area contributed by atoms with Gasteiger partial charge in [0.1, 0.15) is 0 Å². The monoisotopic (exact) mass is 129 g/mol. The maximum atomic E-state index is 10.5. The second kappa shape index (κ2) is 2.50. The molecule has 1 aliphatic heterocycles. The molecule has 0 fully saturated rings. The largest absolute Gasteiger partial charge is 0.451 e. The highest BCUT2D eigenvalue weighted by molar-refractivity contribution is 5.67. The summed E-state index contributed by atoms with van der Waals surface area (Å²) in [5, 5.41) is 1.04. The van der Waals surface area contributed by atoms with Gasteiger partial charge in [-0.1, -0.05) is 0 Å². The molecule has 0 aromatic carbocycles. The first-order valence-corrected chi connectivity index (χ1v) is 2.51. The van der Waals surface area contributed by atoms with Crippen LogP contribution in [0.1, 0.15) is 0 Å². The Labute approximate surface area is 52.6 Å². The topological polar surface area (TPSA) is 38.8 Å². The van der Waals surface area contributed by atoms with Crippen molar-refractivity contribution in [3.05, 3.63) is 12.3 Å². The highest BCUT2D eigenvalue weighted by Crippen LogP contribution is 2.01. The predicted octanol–water partition coefficient (Wildman–Crippen LogP) is 0.514. The fourth-order valence-electron chi connectivity index (χ4n) is 0.509. The second-order valence-electron chi connectivity index (χ2n) is 1.48. The second-order valence-corrected chi connectivity index (χ2v) is 1.48. The van der Waals surface area contributed by atoms with Crippen molar-refractivity contribution >= 4 is 6.09 Å². The van der Waals surface area contributed by atoms with Gasteiger partial charge in [-0.05, 0) is 6.08 Å². The van der Waals surface area contributed by atoms with Crippen LogP contribution in [0, 0.1) is 0 Å². The normalized spacial score (nSPS) is 16.3. The van der Waals surface area contributed by atoms with Crippen molar-refractivity contribution in [1.82, 2.24) is 5.06 Å². The maximum absolute atomic E-state index is 10.5. The average Bonchev–Trinajstić information content (AvgIpc) is 2.37. The van der Waals surface area contributed by atoms with E-state index in [9.17, 15) is 4.79 Å². The molecule has 0 radical (unpaired) electrons. The molecule has 0 unspecified atom stereocenters. The van der Waals surface area contributed by atoms with Crippen LogP contribution in [-0.4, -0.2) is 24.9 Å². The number of ether oxygens (including phenoxy) is 1. The molecular formula is C5H7NO3. The van der Waals surface area contributed by atoms with Crippen LogP contribution < -0.4 is 0 Å². The van der Waals surface area contributed by atoms with Crippen LogP contribution in [0.5, 0.6) is 0 Å². The van der Waals surface area contributed by atoms with Crippen molar-refractivity contribution in [3.8, 4) is 0 Å². The van der Waals surface area contributed by atoms with E-state index in [1.165, 1.54) is 13.3 Å². The molecule has 50 valence electrons. The van der Waals surface area contributed by atoms with Crippen LogP contribution >= 0.6 is 0 Å². The first-order chi connectivity index (χ1) is 4.34. The lowest BCUT2D eigenvalue weighted by molar-refractivity contribution is -0.0706. The van der Waals surface area contributed by atoms with E-state index >= 15 is 0 Å². The van der Waals surface area contributed by atoms with Crippen molar-refractivity contribution in [2.24, 2.45) is 0 Å². The zero-order chi connectivity index (χ0) is 6.69. The number of amides is 1. The molecule has 0 saturated heterocycles. The standard InChI is InChI=1S/C5H7NO3/c1-8-5(7)6-3-2-4-9-6/h2-3H,4H2,1H3. The van der Waals surface area contributed by atoms with E-state index in [0.29, 0.717) is 6.61 Å². The molecule has 0 spiro atoms. The minimum Gasteiger partial charge on any atom is -0.451 e. The Bertz CT molecular complexity index is 143. The summed E-state index contributed by atoms with van der Waals surface area (Å²) < 4.78 is 4.34. The number of carbonyl (C=O) groups is 1. The number of hydrogen-bond donors (Lipinski definition) is 0. The Kier molecular flexibility index (Phi) is 1.69. The van der Waals surface area contributed by atoms with Gasteiger partial charge in [0.25, 0.3) is 0 Å². The summed E-state index contributed by atoms with van der Waals surface area (Å²) in [4.78, 5) is 15.3. The third-order valence-electron chi connectivity index (χ3n) is 0.905. The zero-order valence-corrected chi connectivity index (χ0v) is 5.03. The molecule has 1 heterocycles. The van der Waals surface area contributed by atoms with E-state index in [1.54, 1.807) is 6.08 Å². The Morgan fingerprint density at radius 2 is 2.67 bits per heavy atom. The van der Waals surface area contributed by atoms with Crippen molar-refractivity contribution in [2.75, 3.05) is 13.7 Å². The highest BCUT2D eigenvalue weighted by Gasteiger charge is 2.13. The summed E-state index contributed by atoms with van der Waals surface area (Å²) in [6, 6.07) is 0. The Balaban J connectivity index is 2.43. The van der Waals surface area contributed by atoms with Crippen molar-refractivity contribution in [3.63, 3.8) is 0 Å². The van der Waals surface area contributed by atoms with Gasteiger partial charge < -0.3 is 4.74 Å². The Morgan fingerprint density at radius 3 is 3.11 bits per heavy atom. The SMILES string of the molecule is COC(=O)N1C=CCO1. The molecule has 1 rings (SSSR count). The summed E-state index contributed by atoms with van der Waals surface area (Å²) in [5.74, 6) is 0. The van der Waals surface area contributed by atoms with Gasteiger partial charge in [-0.25, -0.2) is 4.79 Å². The molecular weight excluding hydrogens is 122 g/mol. The van der Waals surface area contributed by atoms with E-state index in [1.807, 2.05) is 0 Å². The molecule has 0 bridgehead atoms. The molecule has 0 aromatic rings. The van der Waals surface area contributed by atoms with Gasteiger partial charge in [0.05, 0.1) is 13.7 Å². The number of rotatable bonds is 0. The lowest BCUT2D eigenvalue weighted by Crippen LogP contribution is -2.22. The molecule has 9 heavy (non-hydrogen) atoms. The van der Waals surface area contributed by atoms with Gasteiger partial charge in [0.15, 0.2) is 0 Å². The van der Waals surface area contributed by atoms with E-state index in [2.05, 4.69) is 4.74 Å². The van der Waals surface area contributed by atoms with Crippen LogP contribution in [0.25, 0.3) is 0 Å². The summed E-state index contributed by atoms with van der Waals surface area (Å²) in [6.07, 6.45) is 2.74. The van der Waals surface area contributed by atoms with Gasteiger partial charge in [-0.2, -0.15) is 5.06 Å². The third kappa shape index (κ3) is 1.20. The number of nitrogens with zero attached hydrogens (tertiary/aromatic N) is 1. The lowest BCUT2D eigenvalue weighted by Gasteiger charge is -2.08. The average molecular weight is 129 g/mol. The van der Waals surface area contributed by atoms with E-state index in [0.717, 1.165) is 5.06 Å². The van der Waals surface area contributed by atoms with Crippen molar-refractivity contribution in [2.45, 2.75) is 0 Å². The summed E-state index contributed by atoms with van der Waals surface area (Å²) in [5.41, 5.74) is 0. The van der Waals surface area contributed by atoms with Crippen LogP contribution in [0.4, 0.5) is 4.79 Å². The molecule has 0 saturated carbocycles. The molecule has 4 heteroatoms. The first kappa shape index (κ1) is 6.10. The molecule has 0 N–H and O–H groups in total. The van der Waals surface area contributed by atoms with Gasteiger partial charge in [0.2, 0.25) is 0 Å². The zero-order valence-electron chi connectivity index (χ0n) is 5.03. The van der Waals surface area contributed by atoms with Gasteiger partial charge in [-0.3, -0.25) is 4.84 Å². The van der Waals surface area contributed by atoms with Gasteiger partial charge >= 0.3 is 6.09 Å². The fraction of sp³-hybridized carbons (Fsp3) is 0.400. The van der Waals surface area contributed by atoms with Gasteiger partial charge in [-0.15, -0.1) is 0 Å². The Hall–Kier alpha value is -1.03. The van der Waals surface area contributed by atoms with Crippen molar-refractivity contribution in [1.29, 1.82) is 0 Å². The fourth-order valence-corrected chi connectivity index (χ4v) is 0.509. The Morgan fingerprint density at radius 1 is 1.89 bits per heavy atom. The molecule has 4 nitrogen and oxygen atoms in total. The number of carbonyl (C=O) groups excluding carboxylic acids is 1. The minimum atomic E-state index is -0.497. The number of methoxy groups -OCH3 is 1. The predicted molar refractivity (Wildman–Crippen MR) is 29.3 cm³/mol. The van der Waals surface area contributed by atoms with E-state index in [-0.39, 0.29) is 0 Å². The third-order valence-corrected chi connectivity index (χ3v) is 0.905. The van der Waals surface area contributed by atoms with E-state index in [4.69, 9.17) is 4.84 Å². The quantitative estimate of drug-likeness (QED) is 0.478. The van der Waals surface area contributed by atoms with Crippen LogP contribution in [0.15, 0.2) is 12.3 Å². The van der Waals surface area contributed by atoms with Crippen LogP contribution in [0.2, 0.25) is 0 Å². The summed E-state index contributed by atoms with van der Waals surface area (Å²) >= 11 is 0. The number of hydroxylamine groups is 2. The minimum absolute atomic E-state index is 0.440. The highest BCUT2D eigenvalue weighted by atomic mass is 16.7. The maximum Gasteiger partial charge on any atom is 0.437 e. The number of hydrogen-bond acceptors (Lipinski definition) is 3. The van der Waals surface area contributed by atoms with Crippen LogP contribution in [0.3, 0.4) is 0 Å². The molecule has 0 aromatic heterocycles. The lowest BCUT2D eigenvalue weighted by atomic mass is 10.7. The summed E-state index contributed by atoms with van der Waals surface area (Å²) in [7, 11) is 1.30. The smallest absolute Gasteiger partial charge is 0.437 e. The van der Waals surface area contributed by atoms with Crippen molar-refractivity contribution < 1.29 is 14.4 Å².